The summed E-state index contributed by atoms with van der Waals surface area (Å²) in [6.45, 7) is 15.0. The summed E-state index contributed by atoms with van der Waals surface area (Å²) in [5.41, 5.74) is 6.78. The molecule has 0 spiro atoms. The maximum absolute atomic E-state index is 4.15. The van der Waals surface area contributed by atoms with Gasteiger partial charge < -0.3 is 0 Å². The molecule has 128 valence electrons. The number of rotatable bonds is 6. The Bertz CT molecular complexity index is 674. The van der Waals surface area contributed by atoms with Gasteiger partial charge in [0, 0.05) is 13.1 Å². The molecule has 2 aromatic carbocycles. The lowest BCUT2D eigenvalue weighted by atomic mass is 9.87. The molecule has 0 radical (unpaired) electrons. The van der Waals surface area contributed by atoms with Gasteiger partial charge in [-0.3, -0.25) is 4.90 Å². The Morgan fingerprint density at radius 3 is 2.17 bits per heavy atom. The topological polar surface area (TPSA) is 3.24 Å². The minimum Gasteiger partial charge on any atom is -0.298 e. The lowest BCUT2D eigenvalue weighted by Gasteiger charge is -2.21. The van der Waals surface area contributed by atoms with Crippen molar-refractivity contribution in [3.8, 4) is 0 Å². The predicted molar refractivity (Wildman–Crippen MR) is 106 cm³/mol. The maximum Gasteiger partial charge on any atom is 0.0234 e. The highest BCUT2D eigenvalue weighted by molar-refractivity contribution is 5.63. The van der Waals surface area contributed by atoms with Crippen molar-refractivity contribution in [3.05, 3.63) is 77.4 Å². The summed E-state index contributed by atoms with van der Waals surface area (Å²) < 4.78 is 0. The molecule has 0 aliphatic rings. The maximum atomic E-state index is 4.15. The highest BCUT2D eigenvalue weighted by Gasteiger charge is 2.13. The third-order valence-corrected chi connectivity index (χ3v) is 4.49. The second kappa shape index (κ2) is 7.81. The standard InChI is InChI=1S/C23H31N/c1-7-18(2)21-10-8-9-20(15-21)17-24(6)16-19-11-13-22(14-12-19)23(3,4)5/h8-15H,2,7,16-17H2,1,3-6H3. The second-order valence-electron chi connectivity index (χ2n) is 7.78. The first kappa shape index (κ1) is 18.5. The summed E-state index contributed by atoms with van der Waals surface area (Å²) in [6.07, 6.45) is 0.999. The average molecular weight is 322 g/mol. The van der Waals surface area contributed by atoms with E-state index in [1.807, 2.05) is 0 Å². The van der Waals surface area contributed by atoms with Gasteiger partial charge in [-0.2, -0.15) is 0 Å². The SMILES string of the molecule is C=C(CC)c1cccc(CN(C)Cc2ccc(C(C)(C)C)cc2)c1. The molecule has 24 heavy (non-hydrogen) atoms. The van der Waals surface area contributed by atoms with Gasteiger partial charge in [-0.1, -0.05) is 82.8 Å². The zero-order valence-electron chi connectivity index (χ0n) is 15.9. The molecule has 0 N–H and O–H groups in total. The highest BCUT2D eigenvalue weighted by Crippen LogP contribution is 2.23. The van der Waals surface area contributed by atoms with Gasteiger partial charge >= 0.3 is 0 Å². The number of allylic oxidation sites excluding steroid dienone is 1. The first-order chi connectivity index (χ1) is 11.3. The third-order valence-electron chi connectivity index (χ3n) is 4.49. The lowest BCUT2D eigenvalue weighted by Crippen LogP contribution is -2.17. The largest absolute Gasteiger partial charge is 0.298 e. The van der Waals surface area contributed by atoms with Crippen LogP contribution in [-0.2, 0) is 18.5 Å². The fraction of sp³-hybridized carbons (Fsp3) is 0.391. The van der Waals surface area contributed by atoms with Gasteiger partial charge in [-0.15, -0.1) is 0 Å². The number of hydrogen-bond acceptors (Lipinski definition) is 1. The fourth-order valence-corrected chi connectivity index (χ4v) is 2.88. The molecule has 2 rings (SSSR count). The van der Waals surface area contributed by atoms with Crippen molar-refractivity contribution in [2.24, 2.45) is 0 Å². The van der Waals surface area contributed by atoms with E-state index < -0.39 is 0 Å². The predicted octanol–water partition coefficient (Wildman–Crippen LogP) is 6.04. The molecule has 0 bridgehead atoms. The van der Waals surface area contributed by atoms with E-state index in [-0.39, 0.29) is 5.41 Å². The van der Waals surface area contributed by atoms with E-state index in [1.54, 1.807) is 0 Å². The molecule has 0 saturated heterocycles. The van der Waals surface area contributed by atoms with E-state index in [0.717, 1.165) is 19.5 Å². The summed E-state index contributed by atoms with van der Waals surface area (Å²) in [7, 11) is 2.18. The summed E-state index contributed by atoms with van der Waals surface area (Å²) >= 11 is 0. The first-order valence-electron chi connectivity index (χ1n) is 8.84. The molecule has 0 unspecified atom stereocenters. The quantitative estimate of drug-likeness (QED) is 0.627. The van der Waals surface area contributed by atoms with Gasteiger partial charge in [0.15, 0.2) is 0 Å². The number of hydrogen-bond donors (Lipinski definition) is 0. The van der Waals surface area contributed by atoms with E-state index >= 15 is 0 Å². The van der Waals surface area contributed by atoms with Crippen molar-refractivity contribution in [1.29, 1.82) is 0 Å². The van der Waals surface area contributed by atoms with Crippen LogP contribution in [0.2, 0.25) is 0 Å². The molecule has 0 aliphatic carbocycles. The smallest absolute Gasteiger partial charge is 0.0234 e. The van der Waals surface area contributed by atoms with Crippen LogP contribution in [0.25, 0.3) is 5.57 Å². The van der Waals surface area contributed by atoms with E-state index in [9.17, 15) is 0 Å². The van der Waals surface area contributed by atoms with Crippen LogP contribution in [0.15, 0.2) is 55.1 Å². The van der Waals surface area contributed by atoms with Crippen molar-refractivity contribution in [1.82, 2.24) is 4.90 Å². The Morgan fingerprint density at radius 2 is 1.58 bits per heavy atom. The van der Waals surface area contributed by atoms with Gasteiger partial charge in [0.1, 0.15) is 0 Å². The summed E-state index contributed by atoms with van der Waals surface area (Å²) in [6, 6.07) is 17.8. The van der Waals surface area contributed by atoms with E-state index in [0.29, 0.717) is 0 Å². The third kappa shape index (κ3) is 5.07. The molecule has 0 heterocycles. The average Bonchev–Trinajstić information content (AvgIpc) is 2.54. The molecule has 1 heteroatoms. The summed E-state index contributed by atoms with van der Waals surface area (Å²) in [4.78, 5) is 2.36. The Morgan fingerprint density at radius 1 is 0.958 bits per heavy atom. The van der Waals surface area contributed by atoms with Gasteiger partial charge in [-0.25, -0.2) is 0 Å². The van der Waals surface area contributed by atoms with Crippen molar-refractivity contribution >= 4 is 5.57 Å². The lowest BCUT2D eigenvalue weighted by molar-refractivity contribution is 0.319. The van der Waals surface area contributed by atoms with Gasteiger partial charge in [-0.05, 0) is 46.7 Å². The molecular weight excluding hydrogens is 290 g/mol. The molecule has 0 aromatic heterocycles. The minimum atomic E-state index is 0.215. The Labute approximate surface area is 148 Å². The van der Waals surface area contributed by atoms with Gasteiger partial charge in [0.2, 0.25) is 0 Å². The van der Waals surface area contributed by atoms with Crippen LogP contribution < -0.4 is 0 Å². The van der Waals surface area contributed by atoms with E-state index in [1.165, 1.54) is 27.8 Å². The fourth-order valence-electron chi connectivity index (χ4n) is 2.88. The Hall–Kier alpha value is -1.86. The first-order valence-corrected chi connectivity index (χ1v) is 8.84. The van der Waals surface area contributed by atoms with Crippen molar-refractivity contribution in [3.63, 3.8) is 0 Å². The molecule has 2 aromatic rings. The molecular formula is C23H31N. The molecule has 0 fully saturated rings. The second-order valence-corrected chi connectivity index (χ2v) is 7.78. The van der Waals surface area contributed by atoms with Crippen LogP contribution >= 0.6 is 0 Å². The monoisotopic (exact) mass is 321 g/mol. The van der Waals surface area contributed by atoms with Gasteiger partial charge in [0.05, 0.1) is 0 Å². The van der Waals surface area contributed by atoms with Crippen molar-refractivity contribution in [2.45, 2.75) is 52.6 Å². The number of benzene rings is 2. The molecule has 0 saturated carbocycles. The molecule has 0 atom stereocenters. The van der Waals surface area contributed by atoms with Crippen LogP contribution in [0.5, 0.6) is 0 Å². The zero-order chi connectivity index (χ0) is 17.7. The Balaban J connectivity index is 2.00. The van der Waals surface area contributed by atoms with Crippen LogP contribution in [-0.4, -0.2) is 11.9 Å². The summed E-state index contributed by atoms with van der Waals surface area (Å²) in [5.74, 6) is 0. The molecule has 0 amide bonds. The Kier molecular flexibility index (Phi) is 6.01. The van der Waals surface area contributed by atoms with Crippen molar-refractivity contribution in [2.75, 3.05) is 7.05 Å². The normalized spacial score (nSPS) is 11.8. The minimum absolute atomic E-state index is 0.215. The van der Waals surface area contributed by atoms with Crippen LogP contribution in [0.4, 0.5) is 0 Å². The van der Waals surface area contributed by atoms with Crippen LogP contribution in [0.1, 0.15) is 56.4 Å². The molecule has 1 nitrogen and oxygen atoms in total. The highest BCUT2D eigenvalue weighted by atomic mass is 15.1. The zero-order valence-corrected chi connectivity index (χ0v) is 15.9. The van der Waals surface area contributed by atoms with Crippen LogP contribution in [0.3, 0.4) is 0 Å². The van der Waals surface area contributed by atoms with E-state index in [2.05, 4.69) is 94.8 Å². The molecule has 0 aliphatic heterocycles. The number of nitrogens with zero attached hydrogens (tertiary/aromatic N) is 1. The van der Waals surface area contributed by atoms with E-state index in [4.69, 9.17) is 0 Å². The van der Waals surface area contributed by atoms with Crippen molar-refractivity contribution < 1.29 is 0 Å². The van der Waals surface area contributed by atoms with Crippen LogP contribution in [0, 0.1) is 0 Å². The van der Waals surface area contributed by atoms with Gasteiger partial charge in [0.25, 0.3) is 0 Å². The summed E-state index contributed by atoms with van der Waals surface area (Å²) in [5, 5.41) is 0.